The number of carbonyl (C=O) groups excluding carboxylic acids is 1. The molecule has 7 heteroatoms. The van der Waals surface area contributed by atoms with Crippen molar-refractivity contribution in [3.63, 3.8) is 0 Å². The number of aryl methyl sites for hydroxylation is 2. The summed E-state index contributed by atoms with van der Waals surface area (Å²) in [6.45, 7) is 5.63. The van der Waals surface area contributed by atoms with Crippen molar-refractivity contribution in [2.45, 2.75) is 30.6 Å². The van der Waals surface area contributed by atoms with Crippen molar-refractivity contribution in [2.24, 2.45) is 0 Å². The Hall–Kier alpha value is -2.93. The van der Waals surface area contributed by atoms with Crippen molar-refractivity contribution in [1.82, 2.24) is 9.78 Å². The molecule has 0 amide bonds. The first-order valence-electron chi connectivity index (χ1n) is 7.96. The van der Waals surface area contributed by atoms with E-state index in [1.54, 1.807) is 18.2 Å². The minimum Gasteiger partial charge on any atom is -0.267 e. The predicted molar refractivity (Wildman–Crippen MR) is 99.8 cm³/mol. The number of carbonyl (C=O) groups is 1. The number of nitro benzene ring substituents is 1. The largest absolute Gasteiger partial charge is 0.278 e. The van der Waals surface area contributed by atoms with Crippen molar-refractivity contribution in [3.8, 4) is 0 Å². The summed E-state index contributed by atoms with van der Waals surface area (Å²) in [5.74, 6) is -0.176. The molecular weight excluding hydrogens is 350 g/mol. The van der Waals surface area contributed by atoms with Gasteiger partial charge < -0.3 is 0 Å². The summed E-state index contributed by atoms with van der Waals surface area (Å²) in [5.41, 5.74) is 3.14. The smallest absolute Gasteiger partial charge is 0.267 e. The van der Waals surface area contributed by atoms with Crippen LogP contribution in [0, 0.1) is 30.9 Å². The maximum atomic E-state index is 12.8. The zero-order chi connectivity index (χ0) is 18.8. The second-order valence-electron chi connectivity index (χ2n) is 5.94. The first kappa shape index (κ1) is 17.9. The fourth-order valence-corrected chi connectivity index (χ4v) is 3.56. The van der Waals surface area contributed by atoms with E-state index in [1.807, 2.05) is 39.0 Å². The van der Waals surface area contributed by atoms with E-state index in [2.05, 4.69) is 5.10 Å². The van der Waals surface area contributed by atoms with E-state index < -0.39 is 4.92 Å². The van der Waals surface area contributed by atoms with Gasteiger partial charge in [-0.3, -0.25) is 14.9 Å². The molecule has 0 bridgehead atoms. The summed E-state index contributed by atoms with van der Waals surface area (Å²) in [6, 6.07) is 13.7. The highest BCUT2D eigenvalue weighted by Gasteiger charge is 2.19. The topological polar surface area (TPSA) is 78.0 Å². The summed E-state index contributed by atoms with van der Waals surface area (Å²) in [5, 5.41) is 15.2. The standard InChI is InChI=1S/C19H17N3O3S/c1-12-5-4-6-15(11-12)19(23)21-14(3)18(13(2)20-21)26-17-9-7-16(8-10-17)22(24)25/h4-11H,1-3H3. The first-order valence-corrected chi connectivity index (χ1v) is 8.78. The number of rotatable bonds is 4. The number of nitrogens with zero attached hydrogens (tertiary/aromatic N) is 3. The average molecular weight is 367 g/mol. The maximum Gasteiger partial charge on any atom is 0.278 e. The van der Waals surface area contributed by atoms with Gasteiger partial charge in [0.1, 0.15) is 0 Å². The third-order valence-corrected chi connectivity index (χ3v) is 5.25. The van der Waals surface area contributed by atoms with Crippen LogP contribution in [0.3, 0.4) is 0 Å². The van der Waals surface area contributed by atoms with Crippen LogP contribution < -0.4 is 0 Å². The van der Waals surface area contributed by atoms with Crippen molar-refractivity contribution in [1.29, 1.82) is 0 Å². The maximum absolute atomic E-state index is 12.8. The van der Waals surface area contributed by atoms with Crippen molar-refractivity contribution in [3.05, 3.63) is 81.2 Å². The Kier molecular flexibility index (Phi) is 4.90. The number of hydrogen-bond donors (Lipinski definition) is 0. The van der Waals surface area contributed by atoms with Gasteiger partial charge in [-0.05, 0) is 45.0 Å². The molecule has 0 unspecified atom stereocenters. The van der Waals surface area contributed by atoms with Crippen molar-refractivity contribution < 1.29 is 9.72 Å². The monoisotopic (exact) mass is 367 g/mol. The van der Waals surface area contributed by atoms with Crippen molar-refractivity contribution >= 4 is 23.4 Å². The molecule has 3 rings (SSSR count). The highest BCUT2D eigenvalue weighted by Crippen LogP contribution is 2.33. The van der Waals surface area contributed by atoms with Gasteiger partial charge in [0.05, 0.1) is 21.2 Å². The molecule has 0 fully saturated rings. The van der Waals surface area contributed by atoms with Gasteiger partial charge in [0.15, 0.2) is 0 Å². The molecule has 0 aliphatic carbocycles. The molecule has 6 nitrogen and oxygen atoms in total. The van der Waals surface area contributed by atoms with Crippen LogP contribution in [-0.4, -0.2) is 20.6 Å². The molecule has 0 radical (unpaired) electrons. The van der Waals surface area contributed by atoms with Gasteiger partial charge in [0.2, 0.25) is 0 Å². The highest BCUT2D eigenvalue weighted by atomic mass is 32.2. The molecule has 3 aromatic rings. The fourth-order valence-electron chi connectivity index (χ4n) is 2.63. The molecule has 26 heavy (non-hydrogen) atoms. The number of benzene rings is 2. The van der Waals surface area contributed by atoms with Crippen LogP contribution in [0.4, 0.5) is 5.69 Å². The Morgan fingerprint density at radius 1 is 1.12 bits per heavy atom. The molecule has 0 spiro atoms. The lowest BCUT2D eigenvalue weighted by Crippen LogP contribution is -2.15. The number of non-ortho nitro benzene ring substituents is 1. The number of aromatic nitrogens is 2. The molecule has 132 valence electrons. The number of hydrogen-bond acceptors (Lipinski definition) is 5. The SMILES string of the molecule is Cc1cccc(C(=O)n2nc(C)c(Sc3ccc([N+](=O)[O-])cc3)c2C)c1. The third-order valence-electron chi connectivity index (χ3n) is 3.95. The molecule has 1 heterocycles. The molecule has 2 aromatic carbocycles. The van der Waals surface area contributed by atoms with Crippen LogP contribution >= 0.6 is 11.8 Å². The van der Waals surface area contributed by atoms with Gasteiger partial charge in [-0.2, -0.15) is 9.78 Å². The first-order chi connectivity index (χ1) is 12.4. The average Bonchev–Trinajstić information content (AvgIpc) is 2.89. The summed E-state index contributed by atoms with van der Waals surface area (Å²) in [4.78, 5) is 24.8. The molecule has 1 aromatic heterocycles. The Balaban J connectivity index is 1.90. The van der Waals surface area contributed by atoms with E-state index in [4.69, 9.17) is 0 Å². The van der Waals surface area contributed by atoms with Gasteiger partial charge in [-0.1, -0.05) is 29.5 Å². The molecule has 0 aliphatic rings. The summed E-state index contributed by atoms with van der Waals surface area (Å²) in [7, 11) is 0. The summed E-state index contributed by atoms with van der Waals surface area (Å²) >= 11 is 1.44. The highest BCUT2D eigenvalue weighted by molar-refractivity contribution is 7.99. The van der Waals surface area contributed by atoms with Gasteiger partial charge in [0.25, 0.3) is 11.6 Å². The van der Waals surface area contributed by atoms with Crippen LogP contribution in [0.2, 0.25) is 0 Å². The molecule has 0 saturated carbocycles. The van der Waals surface area contributed by atoms with Crippen LogP contribution in [0.1, 0.15) is 27.3 Å². The van der Waals surface area contributed by atoms with E-state index in [0.717, 1.165) is 26.7 Å². The van der Waals surface area contributed by atoms with E-state index in [-0.39, 0.29) is 11.6 Å². The van der Waals surface area contributed by atoms with Gasteiger partial charge in [0, 0.05) is 22.6 Å². The predicted octanol–water partition coefficient (Wildman–Crippen LogP) is 4.56. The molecule has 0 aliphatic heterocycles. The molecule has 0 saturated heterocycles. The Labute approximate surface area is 155 Å². The van der Waals surface area contributed by atoms with Crippen LogP contribution in [0.25, 0.3) is 0 Å². The lowest BCUT2D eigenvalue weighted by molar-refractivity contribution is -0.384. The zero-order valence-electron chi connectivity index (χ0n) is 14.6. The van der Waals surface area contributed by atoms with Crippen LogP contribution in [0.5, 0.6) is 0 Å². The minimum absolute atomic E-state index is 0.0492. The molecule has 0 N–H and O–H groups in total. The van der Waals surface area contributed by atoms with E-state index in [0.29, 0.717) is 5.56 Å². The van der Waals surface area contributed by atoms with E-state index in [9.17, 15) is 14.9 Å². The number of nitro groups is 1. The zero-order valence-corrected chi connectivity index (χ0v) is 15.4. The van der Waals surface area contributed by atoms with Crippen molar-refractivity contribution in [2.75, 3.05) is 0 Å². The second-order valence-corrected chi connectivity index (χ2v) is 7.02. The fraction of sp³-hybridized carbons (Fsp3) is 0.158. The molecular formula is C19H17N3O3S. The van der Waals surface area contributed by atoms with E-state index >= 15 is 0 Å². The van der Waals surface area contributed by atoms with E-state index in [1.165, 1.54) is 28.6 Å². The Morgan fingerprint density at radius 3 is 2.42 bits per heavy atom. The summed E-state index contributed by atoms with van der Waals surface area (Å²) in [6.07, 6.45) is 0. The van der Waals surface area contributed by atoms with Crippen LogP contribution in [0.15, 0.2) is 58.3 Å². The van der Waals surface area contributed by atoms with Gasteiger partial charge >= 0.3 is 0 Å². The second kappa shape index (κ2) is 7.13. The molecule has 0 atom stereocenters. The third kappa shape index (κ3) is 3.52. The Bertz CT molecular complexity index is 994. The lowest BCUT2D eigenvalue weighted by Gasteiger charge is -2.05. The van der Waals surface area contributed by atoms with Gasteiger partial charge in [-0.25, -0.2) is 0 Å². The summed E-state index contributed by atoms with van der Waals surface area (Å²) < 4.78 is 1.41. The van der Waals surface area contributed by atoms with Gasteiger partial charge in [-0.15, -0.1) is 0 Å². The minimum atomic E-state index is -0.427. The lowest BCUT2D eigenvalue weighted by atomic mass is 10.1. The normalized spacial score (nSPS) is 10.7. The quantitative estimate of drug-likeness (QED) is 0.499. The Morgan fingerprint density at radius 2 is 1.81 bits per heavy atom. The van der Waals surface area contributed by atoms with Crippen LogP contribution in [-0.2, 0) is 0 Å².